The third kappa shape index (κ3) is 2.85. The quantitative estimate of drug-likeness (QED) is 0.830. The van der Waals surface area contributed by atoms with E-state index in [-0.39, 0.29) is 18.0 Å². The SMILES string of the molecule is NCc1cc(=O)n(C(=O)CC2CCCCC2)[nH]1. The minimum atomic E-state index is -0.300. The molecule has 17 heavy (non-hydrogen) atoms. The van der Waals surface area contributed by atoms with E-state index in [4.69, 9.17) is 5.73 Å². The van der Waals surface area contributed by atoms with Gasteiger partial charge in [0.1, 0.15) is 0 Å². The summed E-state index contributed by atoms with van der Waals surface area (Å²) in [5, 5.41) is 2.75. The van der Waals surface area contributed by atoms with Crippen molar-refractivity contribution in [1.82, 2.24) is 9.78 Å². The number of nitrogens with zero attached hydrogens (tertiary/aromatic N) is 1. The van der Waals surface area contributed by atoms with Gasteiger partial charge in [0.2, 0.25) is 5.91 Å². The lowest BCUT2D eigenvalue weighted by molar-refractivity contribution is 0.0847. The second-order valence-corrected chi connectivity index (χ2v) is 4.76. The van der Waals surface area contributed by atoms with Crippen LogP contribution in [-0.4, -0.2) is 15.7 Å². The highest BCUT2D eigenvalue weighted by Crippen LogP contribution is 2.26. The van der Waals surface area contributed by atoms with Crippen LogP contribution < -0.4 is 11.3 Å². The number of hydrogen-bond donors (Lipinski definition) is 2. The zero-order valence-electron chi connectivity index (χ0n) is 9.95. The van der Waals surface area contributed by atoms with Crippen LogP contribution in [0.3, 0.4) is 0 Å². The molecule has 1 saturated carbocycles. The lowest BCUT2D eigenvalue weighted by atomic mass is 9.87. The predicted octanol–water partition coefficient (Wildman–Crippen LogP) is 1.25. The number of aromatic nitrogens is 2. The third-order valence-electron chi connectivity index (χ3n) is 3.43. The summed E-state index contributed by atoms with van der Waals surface area (Å²) >= 11 is 0. The smallest absolute Gasteiger partial charge is 0.273 e. The highest BCUT2D eigenvalue weighted by molar-refractivity contribution is 5.78. The van der Waals surface area contributed by atoms with Gasteiger partial charge in [-0.15, -0.1) is 0 Å². The Balaban J connectivity index is 2.03. The first-order valence-electron chi connectivity index (χ1n) is 6.25. The third-order valence-corrected chi connectivity index (χ3v) is 3.43. The lowest BCUT2D eigenvalue weighted by Gasteiger charge is -2.20. The average molecular weight is 237 g/mol. The summed E-state index contributed by atoms with van der Waals surface area (Å²) in [6.07, 6.45) is 6.34. The topological polar surface area (TPSA) is 80.9 Å². The maximum atomic E-state index is 12.0. The minimum Gasteiger partial charge on any atom is -0.325 e. The second-order valence-electron chi connectivity index (χ2n) is 4.76. The van der Waals surface area contributed by atoms with Crippen LogP contribution in [0.2, 0.25) is 0 Å². The van der Waals surface area contributed by atoms with Crippen molar-refractivity contribution in [3.63, 3.8) is 0 Å². The van der Waals surface area contributed by atoms with E-state index < -0.39 is 0 Å². The predicted molar refractivity (Wildman–Crippen MR) is 64.8 cm³/mol. The number of H-pyrrole nitrogens is 1. The Morgan fingerprint density at radius 3 is 2.71 bits per heavy atom. The Hall–Kier alpha value is -1.36. The van der Waals surface area contributed by atoms with Crippen LogP contribution in [0, 0.1) is 5.92 Å². The van der Waals surface area contributed by atoms with Crippen LogP contribution in [0.25, 0.3) is 0 Å². The van der Waals surface area contributed by atoms with E-state index in [9.17, 15) is 9.59 Å². The van der Waals surface area contributed by atoms with Gasteiger partial charge in [-0.3, -0.25) is 14.7 Å². The highest BCUT2D eigenvalue weighted by atomic mass is 16.2. The van der Waals surface area contributed by atoms with E-state index in [1.165, 1.54) is 25.3 Å². The summed E-state index contributed by atoms with van der Waals surface area (Å²) in [7, 11) is 0. The van der Waals surface area contributed by atoms with Gasteiger partial charge >= 0.3 is 0 Å². The molecule has 2 rings (SSSR count). The van der Waals surface area contributed by atoms with Gasteiger partial charge in [-0.05, 0) is 18.8 Å². The van der Waals surface area contributed by atoms with Crippen LogP contribution in [0.4, 0.5) is 0 Å². The fourth-order valence-corrected chi connectivity index (χ4v) is 2.46. The Bertz CT molecular complexity index is 441. The lowest BCUT2D eigenvalue weighted by Crippen LogP contribution is -2.26. The normalized spacial score (nSPS) is 17.2. The highest BCUT2D eigenvalue weighted by Gasteiger charge is 2.19. The van der Waals surface area contributed by atoms with E-state index in [1.807, 2.05) is 0 Å². The standard InChI is InChI=1S/C12H19N3O2/c13-8-10-7-12(17)15(14-10)11(16)6-9-4-2-1-3-5-9/h7,9,14H,1-6,8,13H2. The maximum absolute atomic E-state index is 12.0. The van der Waals surface area contributed by atoms with Crippen LogP contribution in [0.1, 0.15) is 49.0 Å². The maximum Gasteiger partial charge on any atom is 0.273 e. The van der Waals surface area contributed by atoms with Gasteiger partial charge in [-0.2, -0.15) is 4.68 Å². The molecular weight excluding hydrogens is 218 g/mol. The molecular formula is C12H19N3O2. The van der Waals surface area contributed by atoms with Crippen LogP contribution in [-0.2, 0) is 6.54 Å². The summed E-state index contributed by atoms with van der Waals surface area (Å²) < 4.78 is 1.09. The summed E-state index contributed by atoms with van der Waals surface area (Å²) in [6, 6.07) is 1.39. The second kappa shape index (κ2) is 5.31. The van der Waals surface area contributed by atoms with Gasteiger partial charge in [0.25, 0.3) is 5.56 Å². The van der Waals surface area contributed by atoms with Crippen molar-refractivity contribution in [3.05, 3.63) is 22.1 Å². The fourth-order valence-electron chi connectivity index (χ4n) is 2.46. The van der Waals surface area contributed by atoms with Gasteiger partial charge < -0.3 is 5.73 Å². The fraction of sp³-hybridized carbons (Fsp3) is 0.667. The number of rotatable bonds is 3. The number of nitrogens with one attached hydrogen (secondary N) is 1. The number of hydrogen-bond acceptors (Lipinski definition) is 3. The number of carbonyl (C=O) groups is 1. The Morgan fingerprint density at radius 1 is 1.41 bits per heavy atom. The van der Waals surface area contributed by atoms with Gasteiger partial charge in [0, 0.05) is 19.0 Å². The van der Waals surface area contributed by atoms with Crippen LogP contribution >= 0.6 is 0 Å². The van der Waals surface area contributed by atoms with Gasteiger partial charge in [-0.1, -0.05) is 19.3 Å². The van der Waals surface area contributed by atoms with Crippen molar-refractivity contribution in [3.8, 4) is 0 Å². The molecule has 94 valence electrons. The zero-order valence-corrected chi connectivity index (χ0v) is 9.95. The average Bonchev–Trinajstić information content (AvgIpc) is 2.72. The van der Waals surface area contributed by atoms with Gasteiger partial charge in [0.05, 0.1) is 5.69 Å². The van der Waals surface area contributed by atoms with Gasteiger partial charge in [-0.25, -0.2) is 0 Å². The molecule has 1 fully saturated rings. The molecule has 1 aliphatic carbocycles. The molecule has 0 radical (unpaired) electrons. The Labute approximate surface area is 100.0 Å². The monoisotopic (exact) mass is 237 g/mol. The molecule has 1 heterocycles. The van der Waals surface area contributed by atoms with Crippen molar-refractivity contribution >= 4 is 5.91 Å². The molecule has 0 saturated heterocycles. The van der Waals surface area contributed by atoms with Crippen molar-refractivity contribution in [2.24, 2.45) is 11.7 Å². The number of carbonyl (C=O) groups excluding carboxylic acids is 1. The molecule has 5 nitrogen and oxygen atoms in total. The van der Waals surface area contributed by atoms with E-state index in [0.29, 0.717) is 18.0 Å². The summed E-state index contributed by atoms with van der Waals surface area (Å²) in [4.78, 5) is 23.5. The summed E-state index contributed by atoms with van der Waals surface area (Å²) in [6.45, 7) is 0.249. The van der Waals surface area contributed by atoms with E-state index in [2.05, 4.69) is 5.10 Å². The first kappa shape index (κ1) is 12.1. The van der Waals surface area contributed by atoms with Crippen molar-refractivity contribution in [2.75, 3.05) is 0 Å². The molecule has 1 aromatic heterocycles. The molecule has 0 spiro atoms. The van der Waals surface area contributed by atoms with Gasteiger partial charge in [0.15, 0.2) is 0 Å². The van der Waals surface area contributed by atoms with E-state index in [0.717, 1.165) is 17.5 Å². The Morgan fingerprint density at radius 2 is 2.12 bits per heavy atom. The molecule has 0 aromatic carbocycles. The molecule has 0 unspecified atom stereocenters. The molecule has 1 aromatic rings. The first-order valence-corrected chi connectivity index (χ1v) is 6.25. The zero-order chi connectivity index (χ0) is 12.3. The molecule has 0 bridgehead atoms. The molecule has 5 heteroatoms. The summed E-state index contributed by atoms with van der Waals surface area (Å²) in [5.74, 6) is 0.300. The molecule has 0 amide bonds. The molecule has 1 aliphatic rings. The first-order chi connectivity index (χ1) is 8.20. The van der Waals surface area contributed by atoms with E-state index in [1.54, 1.807) is 0 Å². The number of nitrogens with two attached hydrogens (primary N) is 1. The van der Waals surface area contributed by atoms with Crippen molar-refractivity contribution in [1.29, 1.82) is 0 Å². The minimum absolute atomic E-state index is 0.137. The summed E-state index contributed by atoms with van der Waals surface area (Å²) in [5.41, 5.74) is 5.73. The van der Waals surface area contributed by atoms with Crippen LogP contribution in [0.15, 0.2) is 10.9 Å². The van der Waals surface area contributed by atoms with E-state index >= 15 is 0 Å². The largest absolute Gasteiger partial charge is 0.325 e. The van der Waals surface area contributed by atoms with Crippen molar-refractivity contribution < 1.29 is 4.79 Å². The molecule has 3 N–H and O–H groups in total. The molecule has 0 aliphatic heterocycles. The molecule has 0 atom stereocenters. The Kier molecular flexibility index (Phi) is 3.78. The number of aromatic amines is 1. The van der Waals surface area contributed by atoms with Crippen molar-refractivity contribution in [2.45, 2.75) is 45.1 Å². The van der Waals surface area contributed by atoms with Crippen LogP contribution in [0.5, 0.6) is 0 Å².